The van der Waals surface area contributed by atoms with Crippen LogP contribution < -0.4 is 11.1 Å². The average Bonchev–Trinajstić information content (AvgIpc) is 2.28. The van der Waals surface area contributed by atoms with Crippen LogP contribution in [0.15, 0.2) is 0 Å². The van der Waals surface area contributed by atoms with E-state index in [1.807, 2.05) is 4.90 Å². The average molecular weight is 257 g/mol. The Morgan fingerprint density at radius 1 is 1.44 bits per heavy atom. The molecule has 1 saturated heterocycles. The van der Waals surface area contributed by atoms with Crippen molar-refractivity contribution < 1.29 is 14.3 Å². The van der Waals surface area contributed by atoms with Gasteiger partial charge in [0, 0.05) is 19.1 Å². The number of nitrogens with one attached hydrogen (secondary N) is 1. The second-order valence-electron chi connectivity index (χ2n) is 4.88. The van der Waals surface area contributed by atoms with Crippen LogP contribution in [0, 0.1) is 5.92 Å². The number of amides is 2. The van der Waals surface area contributed by atoms with Crippen molar-refractivity contribution >= 4 is 12.0 Å². The molecule has 0 aromatic carbocycles. The van der Waals surface area contributed by atoms with E-state index in [2.05, 4.69) is 17.0 Å². The van der Waals surface area contributed by atoms with Crippen molar-refractivity contribution in [1.29, 1.82) is 0 Å². The highest BCUT2D eigenvalue weighted by Gasteiger charge is 2.28. The van der Waals surface area contributed by atoms with E-state index in [4.69, 9.17) is 5.73 Å². The number of likely N-dealkylation sites (tertiary alicyclic amines) is 1. The second-order valence-corrected chi connectivity index (χ2v) is 4.88. The molecule has 0 aromatic heterocycles. The zero-order valence-electron chi connectivity index (χ0n) is 11.1. The van der Waals surface area contributed by atoms with E-state index in [0.29, 0.717) is 12.5 Å². The molecule has 6 nitrogen and oxygen atoms in total. The highest BCUT2D eigenvalue weighted by molar-refractivity contribution is 5.76. The van der Waals surface area contributed by atoms with Crippen LogP contribution in [0.4, 0.5) is 4.79 Å². The summed E-state index contributed by atoms with van der Waals surface area (Å²) in [6.07, 6.45) is 2.70. The predicted octanol–water partition coefficient (Wildman–Crippen LogP) is 0.318. The van der Waals surface area contributed by atoms with E-state index in [9.17, 15) is 9.59 Å². The number of carbonyl (C=O) groups excluding carboxylic acids is 2. The number of nitrogens with zero attached hydrogens (tertiary/aromatic N) is 1. The van der Waals surface area contributed by atoms with E-state index in [-0.39, 0.29) is 18.5 Å². The predicted molar refractivity (Wildman–Crippen MR) is 68.0 cm³/mol. The van der Waals surface area contributed by atoms with Gasteiger partial charge in [-0.1, -0.05) is 13.3 Å². The van der Waals surface area contributed by atoms with Gasteiger partial charge in [0.1, 0.15) is 0 Å². The van der Waals surface area contributed by atoms with Crippen LogP contribution in [0.2, 0.25) is 0 Å². The van der Waals surface area contributed by atoms with Crippen LogP contribution >= 0.6 is 0 Å². The van der Waals surface area contributed by atoms with Gasteiger partial charge in [0.2, 0.25) is 5.91 Å². The fraction of sp³-hybridized carbons (Fsp3) is 0.833. The Morgan fingerprint density at radius 3 is 2.72 bits per heavy atom. The first-order chi connectivity index (χ1) is 8.55. The molecule has 1 aliphatic heterocycles. The van der Waals surface area contributed by atoms with Crippen LogP contribution in [0.5, 0.6) is 0 Å². The van der Waals surface area contributed by atoms with Crippen molar-refractivity contribution in [2.24, 2.45) is 11.7 Å². The Bertz CT molecular complexity index is 296. The lowest BCUT2D eigenvalue weighted by molar-refractivity contribution is -0.119. The van der Waals surface area contributed by atoms with Gasteiger partial charge in [0.15, 0.2) is 0 Å². The van der Waals surface area contributed by atoms with Crippen molar-refractivity contribution in [3.8, 4) is 0 Å². The molecule has 1 aliphatic rings. The summed E-state index contributed by atoms with van der Waals surface area (Å²) in [5, 5.41) is 2.81. The van der Waals surface area contributed by atoms with Crippen molar-refractivity contribution in [2.45, 2.75) is 32.2 Å². The van der Waals surface area contributed by atoms with Crippen LogP contribution in [0.1, 0.15) is 26.2 Å². The number of ether oxygens (including phenoxy) is 1. The first-order valence-corrected chi connectivity index (χ1v) is 6.40. The van der Waals surface area contributed by atoms with Crippen molar-refractivity contribution in [2.75, 3.05) is 26.7 Å². The lowest BCUT2D eigenvalue weighted by atomic mass is 9.90. The summed E-state index contributed by atoms with van der Waals surface area (Å²) in [6, 6.07) is 0.0297. The monoisotopic (exact) mass is 257 g/mol. The standard InChI is InChI=1S/C12H23N3O3/c1-3-4-9-5-10(14-12(17)18-2)7-15(6-9)8-11(13)16/h9-10H,3-8H2,1-2H3,(H2,13,16)(H,14,17). The molecule has 0 radical (unpaired) electrons. The Balaban J connectivity index is 2.55. The summed E-state index contributed by atoms with van der Waals surface area (Å²) in [6.45, 7) is 3.91. The number of rotatable bonds is 5. The summed E-state index contributed by atoms with van der Waals surface area (Å²) in [7, 11) is 1.35. The highest BCUT2D eigenvalue weighted by atomic mass is 16.5. The zero-order valence-corrected chi connectivity index (χ0v) is 11.1. The Hall–Kier alpha value is -1.30. The lowest BCUT2D eigenvalue weighted by Crippen LogP contribution is -2.52. The van der Waals surface area contributed by atoms with E-state index >= 15 is 0 Å². The number of carbonyl (C=O) groups is 2. The minimum Gasteiger partial charge on any atom is -0.453 e. The van der Waals surface area contributed by atoms with Crippen molar-refractivity contribution in [3.63, 3.8) is 0 Å². The molecule has 0 aromatic rings. The molecule has 0 saturated carbocycles. The fourth-order valence-corrected chi connectivity index (χ4v) is 2.60. The van der Waals surface area contributed by atoms with Crippen LogP contribution in [0.25, 0.3) is 0 Å². The van der Waals surface area contributed by atoms with Gasteiger partial charge in [-0.05, 0) is 18.8 Å². The molecule has 2 amide bonds. The van der Waals surface area contributed by atoms with Gasteiger partial charge in [-0.3, -0.25) is 9.69 Å². The number of piperidine rings is 1. The van der Waals surface area contributed by atoms with Gasteiger partial charge in [-0.25, -0.2) is 4.79 Å². The zero-order chi connectivity index (χ0) is 13.5. The minimum atomic E-state index is -0.420. The molecule has 104 valence electrons. The fourth-order valence-electron chi connectivity index (χ4n) is 2.60. The molecule has 1 rings (SSSR count). The van der Waals surface area contributed by atoms with E-state index in [1.54, 1.807) is 0 Å². The number of nitrogens with two attached hydrogens (primary N) is 1. The first-order valence-electron chi connectivity index (χ1n) is 6.40. The molecule has 0 bridgehead atoms. The third-order valence-corrected chi connectivity index (χ3v) is 3.20. The maximum absolute atomic E-state index is 11.2. The number of alkyl carbamates (subject to hydrolysis) is 1. The van der Waals surface area contributed by atoms with Gasteiger partial charge in [-0.15, -0.1) is 0 Å². The molecule has 0 aliphatic carbocycles. The molecule has 2 unspecified atom stereocenters. The summed E-state index contributed by atoms with van der Waals surface area (Å²) >= 11 is 0. The molecular formula is C12H23N3O3. The number of hydrogen-bond acceptors (Lipinski definition) is 4. The minimum absolute atomic E-state index is 0.0297. The Labute approximate surface area is 108 Å². The third kappa shape index (κ3) is 4.91. The third-order valence-electron chi connectivity index (χ3n) is 3.20. The maximum atomic E-state index is 11.2. The number of methoxy groups -OCH3 is 1. The van der Waals surface area contributed by atoms with Crippen LogP contribution in [-0.4, -0.2) is 49.7 Å². The molecule has 6 heteroatoms. The van der Waals surface area contributed by atoms with Gasteiger partial charge in [0.25, 0.3) is 0 Å². The lowest BCUT2D eigenvalue weighted by Gasteiger charge is -2.37. The van der Waals surface area contributed by atoms with Gasteiger partial charge in [0.05, 0.1) is 13.7 Å². The normalized spacial score (nSPS) is 24.6. The summed E-state index contributed by atoms with van der Waals surface area (Å²) in [5.41, 5.74) is 5.22. The van der Waals surface area contributed by atoms with Gasteiger partial charge in [-0.2, -0.15) is 0 Å². The first kappa shape index (κ1) is 14.8. The second kappa shape index (κ2) is 7.20. The van der Waals surface area contributed by atoms with E-state index < -0.39 is 6.09 Å². The van der Waals surface area contributed by atoms with Crippen LogP contribution in [0.3, 0.4) is 0 Å². The van der Waals surface area contributed by atoms with E-state index in [0.717, 1.165) is 25.8 Å². The summed E-state index contributed by atoms with van der Waals surface area (Å²) in [5.74, 6) is 0.161. The molecule has 0 spiro atoms. The Morgan fingerprint density at radius 2 is 2.17 bits per heavy atom. The van der Waals surface area contributed by atoms with Gasteiger partial charge < -0.3 is 15.8 Å². The van der Waals surface area contributed by atoms with Crippen molar-refractivity contribution in [3.05, 3.63) is 0 Å². The summed E-state index contributed by atoms with van der Waals surface area (Å²) in [4.78, 5) is 24.2. The van der Waals surface area contributed by atoms with E-state index in [1.165, 1.54) is 7.11 Å². The van der Waals surface area contributed by atoms with Crippen molar-refractivity contribution in [1.82, 2.24) is 10.2 Å². The molecule has 2 atom stereocenters. The largest absolute Gasteiger partial charge is 0.453 e. The van der Waals surface area contributed by atoms with Gasteiger partial charge >= 0.3 is 6.09 Å². The number of primary amides is 1. The maximum Gasteiger partial charge on any atom is 0.407 e. The topological polar surface area (TPSA) is 84.7 Å². The Kier molecular flexibility index (Phi) is 5.91. The van der Waals surface area contributed by atoms with Crippen LogP contribution in [-0.2, 0) is 9.53 Å². The molecule has 1 heterocycles. The summed E-state index contributed by atoms with van der Waals surface area (Å²) < 4.78 is 4.60. The smallest absolute Gasteiger partial charge is 0.407 e. The highest BCUT2D eigenvalue weighted by Crippen LogP contribution is 2.21. The number of hydrogen-bond donors (Lipinski definition) is 2. The molecule has 3 N–H and O–H groups in total. The SMILES string of the molecule is CCCC1CC(NC(=O)OC)CN(CC(N)=O)C1. The molecular weight excluding hydrogens is 234 g/mol. The molecule has 1 fully saturated rings. The quantitative estimate of drug-likeness (QED) is 0.742. The molecule has 18 heavy (non-hydrogen) atoms.